The van der Waals surface area contributed by atoms with Crippen molar-refractivity contribution in [1.29, 1.82) is 0 Å². The molecule has 1 saturated heterocycles. The summed E-state index contributed by atoms with van der Waals surface area (Å²) in [6.07, 6.45) is 3.79. The Morgan fingerprint density at radius 1 is 1.35 bits per heavy atom. The van der Waals surface area contributed by atoms with Crippen LogP contribution in [0.5, 0.6) is 0 Å². The minimum Gasteiger partial charge on any atom is -0.395 e. The minimum atomic E-state index is 0.206. The fraction of sp³-hybridized carbons (Fsp3) is 0.571. The van der Waals surface area contributed by atoms with Gasteiger partial charge >= 0.3 is 0 Å². The van der Waals surface area contributed by atoms with Crippen LogP contribution in [0.1, 0.15) is 18.4 Å². The molecule has 6 nitrogen and oxygen atoms in total. The summed E-state index contributed by atoms with van der Waals surface area (Å²) in [6, 6.07) is 4.74. The van der Waals surface area contributed by atoms with Gasteiger partial charge in [-0.2, -0.15) is 9.61 Å². The SMILES string of the molecule is Cc1ccc(N2CCC(NCCO)CC2)n2ncnc12. The number of hydrogen-bond donors (Lipinski definition) is 2. The molecule has 2 N–H and O–H groups in total. The third-order valence-corrected chi connectivity index (χ3v) is 3.96. The summed E-state index contributed by atoms with van der Waals surface area (Å²) in [5, 5.41) is 16.6. The monoisotopic (exact) mass is 275 g/mol. The standard InChI is InChI=1S/C14H21N5O/c1-11-2-3-13(19-14(11)16-10-17-19)18-7-4-12(5-8-18)15-6-9-20/h2-3,10,12,15,20H,4-9H2,1H3. The molecule has 20 heavy (non-hydrogen) atoms. The number of rotatable bonds is 4. The van der Waals surface area contributed by atoms with Crippen molar-refractivity contribution < 1.29 is 5.11 Å². The van der Waals surface area contributed by atoms with Crippen LogP contribution < -0.4 is 10.2 Å². The molecule has 1 fully saturated rings. The molecule has 0 unspecified atom stereocenters. The summed E-state index contributed by atoms with van der Waals surface area (Å²) in [5.74, 6) is 1.11. The summed E-state index contributed by atoms with van der Waals surface area (Å²) in [7, 11) is 0. The first-order chi connectivity index (χ1) is 9.79. The minimum absolute atomic E-state index is 0.206. The van der Waals surface area contributed by atoms with Gasteiger partial charge in [-0.05, 0) is 31.4 Å². The smallest absolute Gasteiger partial charge is 0.160 e. The van der Waals surface area contributed by atoms with Crippen LogP contribution in [-0.4, -0.2) is 52.0 Å². The number of nitrogens with one attached hydrogen (secondary N) is 1. The Hall–Kier alpha value is -1.66. The zero-order chi connectivity index (χ0) is 13.9. The average molecular weight is 275 g/mol. The van der Waals surface area contributed by atoms with Gasteiger partial charge in [0.05, 0.1) is 6.61 Å². The van der Waals surface area contributed by atoms with Crippen molar-refractivity contribution in [3.05, 3.63) is 24.0 Å². The quantitative estimate of drug-likeness (QED) is 0.855. The number of aliphatic hydroxyl groups is 1. The second-order valence-electron chi connectivity index (χ2n) is 5.31. The van der Waals surface area contributed by atoms with E-state index < -0.39 is 0 Å². The molecule has 0 aliphatic carbocycles. The van der Waals surface area contributed by atoms with Gasteiger partial charge in [0.2, 0.25) is 0 Å². The third kappa shape index (κ3) is 2.48. The highest BCUT2D eigenvalue weighted by atomic mass is 16.3. The molecule has 0 radical (unpaired) electrons. The zero-order valence-electron chi connectivity index (χ0n) is 11.8. The van der Waals surface area contributed by atoms with Crippen molar-refractivity contribution in [3.8, 4) is 0 Å². The van der Waals surface area contributed by atoms with E-state index in [1.54, 1.807) is 6.33 Å². The molecular formula is C14H21N5O. The molecule has 1 aliphatic rings. The van der Waals surface area contributed by atoms with E-state index in [1.807, 2.05) is 4.52 Å². The van der Waals surface area contributed by atoms with Crippen LogP contribution in [0, 0.1) is 6.92 Å². The van der Waals surface area contributed by atoms with Gasteiger partial charge in [-0.15, -0.1) is 0 Å². The first-order valence-corrected chi connectivity index (χ1v) is 7.18. The Labute approximate surface area is 118 Å². The summed E-state index contributed by atoms with van der Waals surface area (Å²) in [6.45, 7) is 4.95. The fourth-order valence-electron chi connectivity index (χ4n) is 2.84. The van der Waals surface area contributed by atoms with Gasteiger partial charge in [-0.3, -0.25) is 0 Å². The number of fused-ring (bicyclic) bond motifs is 1. The van der Waals surface area contributed by atoms with Gasteiger partial charge in [0.25, 0.3) is 0 Å². The van der Waals surface area contributed by atoms with Gasteiger partial charge in [0.1, 0.15) is 12.1 Å². The number of nitrogens with zero attached hydrogens (tertiary/aromatic N) is 4. The molecule has 1 aliphatic heterocycles. The molecule has 6 heteroatoms. The Bertz CT molecular complexity index is 574. The molecule has 0 saturated carbocycles. The summed E-state index contributed by atoms with van der Waals surface area (Å²) >= 11 is 0. The van der Waals surface area contributed by atoms with Crippen LogP contribution in [-0.2, 0) is 0 Å². The van der Waals surface area contributed by atoms with Crippen LogP contribution in [0.15, 0.2) is 18.5 Å². The van der Waals surface area contributed by atoms with Crippen molar-refractivity contribution in [2.24, 2.45) is 0 Å². The molecule has 0 amide bonds. The van der Waals surface area contributed by atoms with E-state index in [0.717, 1.165) is 43.0 Å². The van der Waals surface area contributed by atoms with Gasteiger partial charge in [0, 0.05) is 25.7 Å². The van der Waals surface area contributed by atoms with E-state index in [9.17, 15) is 0 Å². The summed E-state index contributed by atoms with van der Waals surface area (Å²) < 4.78 is 1.93. The molecule has 2 aromatic rings. The molecule has 2 aromatic heterocycles. The number of pyridine rings is 1. The van der Waals surface area contributed by atoms with Gasteiger partial charge in [0.15, 0.2) is 5.65 Å². The lowest BCUT2D eigenvalue weighted by molar-refractivity contribution is 0.277. The topological polar surface area (TPSA) is 65.7 Å². The maximum atomic E-state index is 8.86. The molecule has 0 bridgehead atoms. The Balaban J connectivity index is 1.74. The van der Waals surface area contributed by atoms with Crippen LogP contribution in [0.4, 0.5) is 5.82 Å². The summed E-state index contributed by atoms with van der Waals surface area (Å²) in [5.41, 5.74) is 2.08. The van der Waals surface area contributed by atoms with Crippen LogP contribution in [0.3, 0.4) is 0 Å². The first-order valence-electron chi connectivity index (χ1n) is 7.18. The molecule has 0 atom stereocenters. The number of aryl methyl sites for hydroxylation is 1. The van der Waals surface area contributed by atoms with Gasteiger partial charge in [-0.1, -0.05) is 6.07 Å². The Morgan fingerprint density at radius 2 is 2.15 bits per heavy atom. The lowest BCUT2D eigenvalue weighted by Gasteiger charge is -2.33. The van der Waals surface area contributed by atoms with Crippen molar-refractivity contribution >= 4 is 11.5 Å². The van der Waals surface area contributed by atoms with Crippen LogP contribution in [0.2, 0.25) is 0 Å². The predicted molar refractivity (Wildman–Crippen MR) is 78.0 cm³/mol. The predicted octanol–water partition coefficient (Wildman–Crippen LogP) is 0.588. The average Bonchev–Trinajstić information content (AvgIpc) is 2.97. The maximum Gasteiger partial charge on any atom is 0.160 e. The van der Waals surface area contributed by atoms with Crippen molar-refractivity contribution in [2.45, 2.75) is 25.8 Å². The van der Waals surface area contributed by atoms with E-state index >= 15 is 0 Å². The second kappa shape index (κ2) is 5.76. The third-order valence-electron chi connectivity index (χ3n) is 3.96. The van der Waals surface area contributed by atoms with E-state index in [0.29, 0.717) is 12.6 Å². The van der Waals surface area contributed by atoms with E-state index in [2.05, 4.69) is 39.4 Å². The highest BCUT2D eigenvalue weighted by Gasteiger charge is 2.21. The molecular weight excluding hydrogens is 254 g/mol. The molecule has 3 heterocycles. The molecule has 0 spiro atoms. The van der Waals surface area contributed by atoms with Crippen molar-refractivity contribution in [3.63, 3.8) is 0 Å². The molecule has 3 rings (SSSR count). The number of hydrogen-bond acceptors (Lipinski definition) is 5. The highest BCUT2D eigenvalue weighted by Crippen LogP contribution is 2.22. The lowest BCUT2D eigenvalue weighted by atomic mass is 10.1. The maximum absolute atomic E-state index is 8.86. The van der Waals surface area contributed by atoms with Crippen LogP contribution in [0.25, 0.3) is 5.65 Å². The largest absolute Gasteiger partial charge is 0.395 e. The first kappa shape index (κ1) is 13.3. The van der Waals surface area contributed by atoms with Gasteiger partial charge in [-0.25, -0.2) is 4.98 Å². The Morgan fingerprint density at radius 3 is 2.90 bits per heavy atom. The lowest BCUT2D eigenvalue weighted by Crippen LogP contribution is -2.43. The number of piperidine rings is 1. The van der Waals surface area contributed by atoms with Crippen molar-refractivity contribution in [2.75, 3.05) is 31.1 Å². The second-order valence-corrected chi connectivity index (χ2v) is 5.31. The normalized spacial score (nSPS) is 17.0. The fourth-order valence-corrected chi connectivity index (χ4v) is 2.84. The Kier molecular flexibility index (Phi) is 3.84. The summed E-state index contributed by atoms with van der Waals surface area (Å²) in [4.78, 5) is 6.67. The number of anilines is 1. The zero-order valence-corrected chi connectivity index (χ0v) is 11.8. The number of aromatic nitrogens is 3. The van der Waals surface area contributed by atoms with Crippen molar-refractivity contribution in [1.82, 2.24) is 19.9 Å². The van der Waals surface area contributed by atoms with Crippen LogP contribution >= 0.6 is 0 Å². The number of aliphatic hydroxyl groups excluding tert-OH is 1. The van der Waals surface area contributed by atoms with Gasteiger partial charge < -0.3 is 15.3 Å². The molecule has 0 aromatic carbocycles. The van der Waals surface area contributed by atoms with E-state index in [4.69, 9.17) is 5.11 Å². The highest BCUT2D eigenvalue weighted by molar-refractivity contribution is 5.55. The molecule has 108 valence electrons. The van der Waals surface area contributed by atoms with E-state index in [1.165, 1.54) is 0 Å². The van der Waals surface area contributed by atoms with E-state index in [-0.39, 0.29) is 6.61 Å².